The Labute approximate surface area is 233 Å². The minimum absolute atomic E-state index is 0.136. The maximum Gasteiger partial charge on any atom is 0.341 e. The molecule has 0 spiro atoms. The predicted molar refractivity (Wildman–Crippen MR) is 149 cm³/mol. The Kier molecular flexibility index (Phi) is 9.47. The van der Waals surface area contributed by atoms with Gasteiger partial charge in [0.15, 0.2) is 12.4 Å². The topological polar surface area (TPSA) is 98.8 Å². The van der Waals surface area contributed by atoms with Crippen molar-refractivity contribution in [2.45, 2.75) is 44.9 Å². The van der Waals surface area contributed by atoms with Crippen LogP contribution in [0.1, 0.15) is 68.8 Å². The lowest BCUT2D eigenvalue weighted by Gasteiger charge is -2.23. The normalized spacial score (nSPS) is 14.3. The number of esters is 2. The summed E-state index contributed by atoms with van der Waals surface area (Å²) in [6.45, 7) is 1.58. The zero-order valence-corrected chi connectivity index (χ0v) is 23.4. The average Bonchev–Trinajstić information content (AvgIpc) is 3.28. The molecule has 38 heavy (non-hydrogen) atoms. The van der Waals surface area contributed by atoms with Gasteiger partial charge in [0.2, 0.25) is 5.91 Å². The standard InChI is InChI=1S/C29H28BrNO6S/c1-2-36-29(35)27-22-13-10-20(18-6-4-3-5-7-18)16-24(22)38-28(27)31-25(33)14-15-26(34)37-17-23(32)19-8-11-21(30)12-9-19/h3-9,11-12,20H,2,10,13-17H2,1H3,(H,31,33)/t20-/m0/s1. The fraction of sp³-hybridized carbons (Fsp3) is 0.310. The number of halogens is 1. The quantitative estimate of drug-likeness (QED) is 0.224. The zero-order valence-electron chi connectivity index (χ0n) is 21.0. The van der Waals surface area contributed by atoms with Crippen molar-refractivity contribution in [2.24, 2.45) is 0 Å². The van der Waals surface area contributed by atoms with E-state index >= 15 is 0 Å². The molecule has 0 unspecified atom stereocenters. The van der Waals surface area contributed by atoms with E-state index in [9.17, 15) is 19.2 Å². The number of fused-ring (bicyclic) bond motifs is 1. The molecule has 2 aromatic carbocycles. The summed E-state index contributed by atoms with van der Waals surface area (Å²) in [5.41, 5.74) is 3.03. The van der Waals surface area contributed by atoms with Crippen molar-refractivity contribution < 1.29 is 28.7 Å². The molecule has 1 aromatic heterocycles. The molecular weight excluding hydrogens is 570 g/mol. The lowest BCUT2D eigenvalue weighted by Crippen LogP contribution is -2.19. The lowest BCUT2D eigenvalue weighted by atomic mass is 9.83. The van der Waals surface area contributed by atoms with Crippen molar-refractivity contribution in [3.8, 4) is 0 Å². The van der Waals surface area contributed by atoms with Crippen LogP contribution in [0.2, 0.25) is 0 Å². The molecule has 9 heteroatoms. The van der Waals surface area contributed by atoms with E-state index < -0.39 is 24.5 Å². The molecule has 1 aliphatic rings. The van der Waals surface area contributed by atoms with Gasteiger partial charge in [0.05, 0.1) is 18.6 Å². The van der Waals surface area contributed by atoms with Crippen LogP contribution in [0.15, 0.2) is 59.1 Å². The zero-order chi connectivity index (χ0) is 27.1. The van der Waals surface area contributed by atoms with E-state index in [0.29, 0.717) is 28.5 Å². The lowest BCUT2D eigenvalue weighted by molar-refractivity contribution is -0.143. The van der Waals surface area contributed by atoms with Gasteiger partial charge >= 0.3 is 11.9 Å². The minimum Gasteiger partial charge on any atom is -0.462 e. The van der Waals surface area contributed by atoms with Crippen LogP contribution < -0.4 is 5.32 Å². The number of thiophene rings is 1. The number of amides is 1. The first-order valence-corrected chi connectivity index (χ1v) is 14.1. The maximum atomic E-state index is 12.8. The van der Waals surface area contributed by atoms with E-state index in [0.717, 1.165) is 27.8 Å². The number of rotatable bonds is 10. The molecule has 1 N–H and O–H groups in total. The molecule has 3 aromatic rings. The van der Waals surface area contributed by atoms with Gasteiger partial charge in [-0.25, -0.2) is 4.79 Å². The highest BCUT2D eigenvalue weighted by atomic mass is 79.9. The third-order valence-corrected chi connectivity index (χ3v) is 8.05. The number of benzene rings is 2. The monoisotopic (exact) mass is 597 g/mol. The molecule has 0 saturated heterocycles. The van der Waals surface area contributed by atoms with E-state index in [1.807, 2.05) is 18.2 Å². The highest BCUT2D eigenvalue weighted by Gasteiger charge is 2.31. The number of ether oxygens (including phenoxy) is 2. The Bertz CT molecular complexity index is 1320. The van der Waals surface area contributed by atoms with Crippen LogP contribution in [-0.4, -0.2) is 36.8 Å². The Balaban J connectivity index is 1.36. The number of Topliss-reactive ketones (excluding diaryl/α,β-unsaturated/α-hetero) is 1. The summed E-state index contributed by atoms with van der Waals surface area (Å²) < 4.78 is 11.2. The van der Waals surface area contributed by atoms with Gasteiger partial charge in [0.1, 0.15) is 5.00 Å². The van der Waals surface area contributed by atoms with Gasteiger partial charge in [-0.1, -0.05) is 58.4 Å². The van der Waals surface area contributed by atoms with Gasteiger partial charge in [-0.15, -0.1) is 11.3 Å². The molecule has 1 heterocycles. The average molecular weight is 599 g/mol. The Morgan fingerprint density at radius 2 is 1.74 bits per heavy atom. The summed E-state index contributed by atoms with van der Waals surface area (Å²) in [5.74, 6) is -1.50. The molecule has 0 saturated carbocycles. The number of ketones is 1. The van der Waals surface area contributed by atoms with Crippen LogP contribution in [0.4, 0.5) is 5.00 Å². The third kappa shape index (κ3) is 6.96. The minimum atomic E-state index is -0.646. The molecule has 1 aliphatic carbocycles. The van der Waals surface area contributed by atoms with Gasteiger partial charge in [-0.2, -0.15) is 0 Å². The Morgan fingerprint density at radius 3 is 2.45 bits per heavy atom. The number of carbonyl (C=O) groups excluding carboxylic acids is 4. The second-order valence-corrected chi connectivity index (χ2v) is 10.9. The maximum absolute atomic E-state index is 12.8. The van der Waals surface area contributed by atoms with Crippen molar-refractivity contribution in [3.63, 3.8) is 0 Å². The number of hydrogen-bond acceptors (Lipinski definition) is 7. The summed E-state index contributed by atoms with van der Waals surface area (Å²) >= 11 is 4.70. The molecule has 0 bridgehead atoms. The van der Waals surface area contributed by atoms with E-state index in [1.165, 1.54) is 16.9 Å². The first kappa shape index (κ1) is 27.7. The summed E-state index contributed by atoms with van der Waals surface area (Å²) in [4.78, 5) is 50.9. The fourth-order valence-corrected chi connectivity index (χ4v) is 6.04. The van der Waals surface area contributed by atoms with Gasteiger partial charge < -0.3 is 14.8 Å². The number of nitrogens with one attached hydrogen (secondary N) is 1. The molecule has 0 aliphatic heterocycles. The Morgan fingerprint density at radius 1 is 1.00 bits per heavy atom. The summed E-state index contributed by atoms with van der Waals surface area (Å²) in [6.07, 6.45) is 2.08. The van der Waals surface area contributed by atoms with E-state index in [2.05, 4.69) is 33.4 Å². The summed E-state index contributed by atoms with van der Waals surface area (Å²) in [5, 5.41) is 3.26. The SMILES string of the molecule is CCOC(=O)c1c(NC(=O)CCC(=O)OCC(=O)c2ccc(Br)cc2)sc2c1CC[C@H](c1ccccc1)C2. The second kappa shape index (κ2) is 13.0. The smallest absolute Gasteiger partial charge is 0.341 e. The van der Waals surface area contributed by atoms with Crippen LogP contribution in [0, 0.1) is 0 Å². The van der Waals surface area contributed by atoms with Crippen LogP contribution in [-0.2, 0) is 31.9 Å². The molecule has 0 fully saturated rings. The first-order chi connectivity index (χ1) is 18.4. The van der Waals surface area contributed by atoms with Gasteiger partial charge in [0.25, 0.3) is 0 Å². The summed E-state index contributed by atoms with van der Waals surface area (Å²) in [6, 6.07) is 17.0. The molecule has 1 amide bonds. The summed E-state index contributed by atoms with van der Waals surface area (Å²) in [7, 11) is 0. The van der Waals surface area contributed by atoms with Crippen molar-refractivity contribution in [2.75, 3.05) is 18.5 Å². The highest BCUT2D eigenvalue weighted by Crippen LogP contribution is 2.42. The third-order valence-electron chi connectivity index (χ3n) is 6.36. The predicted octanol–water partition coefficient (Wildman–Crippen LogP) is 6.10. The van der Waals surface area contributed by atoms with Gasteiger partial charge in [-0.05, 0) is 55.4 Å². The highest BCUT2D eigenvalue weighted by molar-refractivity contribution is 9.10. The largest absolute Gasteiger partial charge is 0.462 e. The number of anilines is 1. The molecule has 0 radical (unpaired) electrons. The van der Waals surface area contributed by atoms with Crippen LogP contribution in [0.5, 0.6) is 0 Å². The van der Waals surface area contributed by atoms with Gasteiger partial charge in [0, 0.05) is 21.3 Å². The second-order valence-electron chi connectivity index (χ2n) is 8.92. The number of carbonyl (C=O) groups is 4. The van der Waals surface area contributed by atoms with Crippen LogP contribution in [0.25, 0.3) is 0 Å². The fourth-order valence-electron chi connectivity index (χ4n) is 4.44. The molecular formula is C29H28BrNO6S. The van der Waals surface area contributed by atoms with Crippen molar-refractivity contribution in [1.82, 2.24) is 0 Å². The van der Waals surface area contributed by atoms with Crippen molar-refractivity contribution >= 4 is 55.9 Å². The van der Waals surface area contributed by atoms with Gasteiger partial charge in [-0.3, -0.25) is 14.4 Å². The van der Waals surface area contributed by atoms with Crippen molar-refractivity contribution in [3.05, 3.63) is 86.2 Å². The molecule has 1 atom stereocenters. The molecule has 4 rings (SSSR count). The van der Waals surface area contributed by atoms with E-state index in [-0.39, 0.29) is 25.2 Å². The number of hydrogen-bond donors (Lipinski definition) is 1. The van der Waals surface area contributed by atoms with Crippen molar-refractivity contribution in [1.29, 1.82) is 0 Å². The van der Waals surface area contributed by atoms with E-state index in [4.69, 9.17) is 9.47 Å². The molecule has 7 nitrogen and oxygen atoms in total. The Hall–Kier alpha value is -3.30. The van der Waals surface area contributed by atoms with E-state index in [1.54, 1.807) is 31.2 Å². The van der Waals surface area contributed by atoms with Crippen LogP contribution >= 0.6 is 27.3 Å². The molecule has 198 valence electrons. The first-order valence-electron chi connectivity index (χ1n) is 12.5. The van der Waals surface area contributed by atoms with Crippen LogP contribution in [0.3, 0.4) is 0 Å².